The Bertz CT molecular complexity index is 71.9. The van der Waals surface area contributed by atoms with E-state index in [1.54, 1.807) is 0 Å². The van der Waals surface area contributed by atoms with Crippen molar-refractivity contribution < 1.29 is 13.8 Å². The Kier molecular flexibility index (Phi) is 2.99. The first-order valence-corrected chi connectivity index (χ1v) is 2.65. The fourth-order valence-corrected chi connectivity index (χ4v) is 0.0945. The molecule has 0 heterocycles. The lowest BCUT2D eigenvalue weighted by Crippen LogP contribution is -1.45. The summed E-state index contributed by atoms with van der Waals surface area (Å²) in [5.74, 6) is 0.921. The molecule has 0 aliphatic rings. The smallest absolute Gasteiger partial charge is 0.251 e. The van der Waals surface area contributed by atoms with Gasteiger partial charge < -0.3 is 0 Å². The van der Waals surface area contributed by atoms with E-state index in [9.17, 15) is 9.09 Å². The zero-order valence-corrected chi connectivity index (χ0v) is 3.98. The number of hydrogen-bond acceptors (Lipinski definition) is 2. The monoisotopic (exact) mass is 110 g/mol. The molecule has 6 heavy (non-hydrogen) atoms. The Balaban J connectivity index is 3.23. The first-order chi connectivity index (χ1) is 2.81. The third kappa shape index (κ3) is 2.12. The first-order valence-electron chi connectivity index (χ1n) is 1.26. The molecule has 1 atom stereocenters. The summed E-state index contributed by atoms with van der Waals surface area (Å²) in [5, 5.41) is 0. The molecule has 0 aromatic rings. The number of hydrogen-bond donors (Lipinski definition) is 0. The minimum Gasteiger partial charge on any atom is -0.289 e. The fourth-order valence-electron chi connectivity index (χ4n) is 0.0315. The molecule has 0 saturated carbocycles. The predicted octanol–water partition coefficient (Wildman–Crippen LogP) is 1.51. The van der Waals surface area contributed by atoms with Crippen LogP contribution in [0.25, 0.3) is 0 Å². The lowest BCUT2D eigenvalue weighted by Gasteiger charge is -1.75. The first kappa shape index (κ1) is 5.86. The second-order valence-electron chi connectivity index (χ2n) is 0.600. The van der Waals surface area contributed by atoms with Crippen LogP contribution in [0.3, 0.4) is 0 Å². The minimum atomic E-state index is -2.52. The van der Waals surface area contributed by atoms with Gasteiger partial charge in [0.15, 0.2) is 0 Å². The van der Waals surface area contributed by atoms with Crippen molar-refractivity contribution in [2.24, 2.45) is 0 Å². The van der Waals surface area contributed by atoms with Crippen LogP contribution in [0.2, 0.25) is 0 Å². The molecular formula is C2H4FO2P. The van der Waals surface area contributed by atoms with E-state index in [1.807, 2.05) is 0 Å². The molecule has 0 aliphatic heterocycles. The van der Waals surface area contributed by atoms with Gasteiger partial charge in [-0.3, -0.25) is 4.57 Å². The Hall–Kier alpha value is -0.140. The number of rotatable bonds is 2. The zero-order valence-electron chi connectivity index (χ0n) is 2.98. The summed E-state index contributed by atoms with van der Waals surface area (Å²) in [6.07, 6.45) is 0. The van der Waals surface area contributed by atoms with E-state index in [2.05, 4.69) is 11.3 Å². The van der Waals surface area contributed by atoms with Gasteiger partial charge in [0.1, 0.15) is 0 Å². The highest BCUT2D eigenvalue weighted by molar-refractivity contribution is 7.42. The lowest BCUT2D eigenvalue weighted by atomic mass is 11.3. The van der Waals surface area contributed by atoms with Gasteiger partial charge in [-0.1, -0.05) is 6.58 Å². The molecule has 0 aromatic heterocycles. The average molecular weight is 110 g/mol. The van der Waals surface area contributed by atoms with Crippen molar-refractivity contribution >= 4 is 8.03 Å². The summed E-state index contributed by atoms with van der Waals surface area (Å²) in [6, 6.07) is 0. The predicted molar refractivity (Wildman–Crippen MR) is 21.4 cm³/mol. The van der Waals surface area contributed by atoms with E-state index in [-0.39, 0.29) is 0 Å². The highest BCUT2D eigenvalue weighted by atomic mass is 31.1. The van der Waals surface area contributed by atoms with Gasteiger partial charge in [-0.05, 0) is 10.3 Å². The van der Waals surface area contributed by atoms with Crippen LogP contribution in [0.5, 0.6) is 0 Å². The van der Waals surface area contributed by atoms with Gasteiger partial charge in [-0.2, -0.15) is 0 Å². The highest BCUT2D eigenvalue weighted by Crippen LogP contribution is 2.21. The summed E-state index contributed by atoms with van der Waals surface area (Å²) in [6.45, 7) is 3.00. The second kappa shape index (κ2) is 3.07. The maximum absolute atomic E-state index is 10.5. The SMILES string of the molecule is C=C[PH](=O)OF. The van der Waals surface area contributed by atoms with Gasteiger partial charge in [0.05, 0.1) is 0 Å². The molecule has 1 unspecified atom stereocenters. The van der Waals surface area contributed by atoms with Gasteiger partial charge in [-0.15, -0.1) is 4.73 Å². The van der Waals surface area contributed by atoms with E-state index < -0.39 is 8.03 Å². The van der Waals surface area contributed by atoms with Gasteiger partial charge in [0.25, 0.3) is 8.03 Å². The summed E-state index contributed by atoms with van der Waals surface area (Å²) < 4.78 is 23.0. The van der Waals surface area contributed by atoms with E-state index >= 15 is 0 Å². The third-order valence-corrected chi connectivity index (χ3v) is 0.728. The maximum Gasteiger partial charge on any atom is 0.251 e. The fraction of sp³-hybridized carbons (Fsp3) is 0. The molecule has 0 amide bonds. The molecule has 0 rings (SSSR count). The second-order valence-corrected chi connectivity index (χ2v) is 1.80. The highest BCUT2D eigenvalue weighted by Gasteiger charge is 1.83. The standard InChI is InChI=1S/C2H4FO2P/c1-2-6(4)5-3/h2,6H,1H2. The van der Waals surface area contributed by atoms with Gasteiger partial charge in [-0.25, -0.2) is 0 Å². The van der Waals surface area contributed by atoms with Crippen molar-refractivity contribution in [1.82, 2.24) is 0 Å². The summed E-state index contributed by atoms with van der Waals surface area (Å²) in [4.78, 5) is 0. The molecule has 4 heteroatoms. The van der Waals surface area contributed by atoms with E-state index in [1.165, 1.54) is 0 Å². The summed E-state index contributed by atoms with van der Waals surface area (Å²) >= 11 is 0. The Morgan fingerprint density at radius 2 is 2.50 bits per heavy atom. The van der Waals surface area contributed by atoms with Crippen molar-refractivity contribution in [3.63, 3.8) is 0 Å². The van der Waals surface area contributed by atoms with Crippen molar-refractivity contribution in [2.45, 2.75) is 0 Å². The van der Waals surface area contributed by atoms with E-state index in [0.29, 0.717) is 0 Å². The number of halogens is 1. The van der Waals surface area contributed by atoms with Crippen LogP contribution in [-0.4, -0.2) is 0 Å². The molecule has 0 radical (unpaired) electrons. The molecule has 0 spiro atoms. The topological polar surface area (TPSA) is 26.3 Å². The third-order valence-electron chi connectivity index (χ3n) is 0.243. The lowest BCUT2D eigenvalue weighted by molar-refractivity contribution is 0.00702. The van der Waals surface area contributed by atoms with Crippen LogP contribution < -0.4 is 0 Å². The van der Waals surface area contributed by atoms with Crippen molar-refractivity contribution in [3.8, 4) is 0 Å². The molecule has 0 aromatic carbocycles. The van der Waals surface area contributed by atoms with Crippen molar-refractivity contribution in [1.29, 1.82) is 0 Å². The average Bonchev–Trinajstić information content (AvgIpc) is 1.65. The normalized spacial score (nSPS) is 13.5. The van der Waals surface area contributed by atoms with Crippen LogP contribution in [0, 0.1) is 0 Å². The molecule has 0 bridgehead atoms. The minimum absolute atomic E-state index is 0.921. The van der Waals surface area contributed by atoms with Gasteiger partial charge in [0, 0.05) is 0 Å². The summed E-state index contributed by atoms with van der Waals surface area (Å²) in [7, 11) is -2.52. The molecule has 0 fully saturated rings. The molecular weight excluding hydrogens is 106 g/mol. The van der Waals surface area contributed by atoms with Crippen LogP contribution in [0.4, 0.5) is 4.53 Å². The Morgan fingerprint density at radius 3 is 2.50 bits per heavy atom. The van der Waals surface area contributed by atoms with Crippen molar-refractivity contribution in [2.75, 3.05) is 0 Å². The zero-order chi connectivity index (χ0) is 4.99. The largest absolute Gasteiger partial charge is 0.289 e. The van der Waals surface area contributed by atoms with Gasteiger partial charge in [0.2, 0.25) is 0 Å². The Labute approximate surface area is 35.4 Å². The molecule has 2 nitrogen and oxygen atoms in total. The van der Waals surface area contributed by atoms with E-state index in [0.717, 1.165) is 5.82 Å². The Morgan fingerprint density at radius 1 is 2.00 bits per heavy atom. The maximum atomic E-state index is 10.5. The molecule has 0 saturated heterocycles. The van der Waals surface area contributed by atoms with E-state index in [4.69, 9.17) is 0 Å². The molecule has 36 valence electrons. The van der Waals surface area contributed by atoms with Crippen LogP contribution in [0.1, 0.15) is 0 Å². The molecule has 0 aliphatic carbocycles. The van der Waals surface area contributed by atoms with Crippen LogP contribution >= 0.6 is 8.03 Å². The van der Waals surface area contributed by atoms with Crippen LogP contribution in [-0.2, 0) is 9.29 Å². The van der Waals surface area contributed by atoms with Crippen molar-refractivity contribution in [3.05, 3.63) is 12.4 Å². The molecule has 0 N–H and O–H groups in total. The summed E-state index contributed by atoms with van der Waals surface area (Å²) in [5.41, 5.74) is 0. The quantitative estimate of drug-likeness (QED) is 0.503. The van der Waals surface area contributed by atoms with Gasteiger partial charge >= 0.3 is 0 Å². The van der Waals surface area contributed by atoms with Crippen LogP contribution in [0.15, 0.2) is 12.4 Å².